The topological polar surface area (TPSA) is 102 Å². The molecule has 0 radical (unpaired) electrons. The summed E-state index contributed by atoms with van der Waals surface area (Å²) >= 11 is 6.10. The molecule has 9 heteroatoms. The fraction of sp³-hybridized carbons (Fsp3) is 0.240. The normalized spacial score (nSPS) is 15.2. The summed E-state index contributed by atoms with van der Waals surface area (Å²) in [6.45, 7) is 2.34. The number of rotatable bonds is 5. The molecule has 2 N–H and O–H groups in total. The fourth-order valence-corrected chi connectivity index (χ4v) is 4.36. The molecule has 0 bridgehead atoms. The van der Waals surface area contributed by atoms with Crippen LogP contribution in [0.4, 0.5) is 0 Å². The minimum atomic E-state index is -0.395. The van der Waals surface area contributed by atoms with Crippen LogP contribution >= 0.6 is 11.6 Å². The third kappa shape index (κ3) is 4.24. The molecule has 2 aliphatic rings. The van der Waals surface area contributed by atoms with Crippen molar-refractivity contribution in [1.29, 1.82) is 0 Å². The summed E-state index contributed by atoms with van der Waals surface area (Å²) < 4.78 is 16.6. The summed E-state index contributed by atoms with van der Waals surface area (Å²) in [6, 6.07) is 12.3. The smallest absolute Gasteiger partial charge is 0.287 e. The quantitative estimate of drug-likeness (QED) is 0.529. The van der Waals surface area contributed by atoms with E-state index in [1.807, 2.05) is 25.1 Å². The zero-order valence-corrected chi connectivity index (χ0v) is 19.2. The highest BCUT2D eigenvalue weighted by Gasteiger charge is 2.28. The van der Waals surface area contributed by atoms with E-state index in [-0.39, 0.29) is 18.5 Å². The van der Waals surface area contributed by atoms with Gasteiger partial charge in [0.15, 0.2) is 17.3 Å². The standard InChI is InChI=1S/C25H22ClN3O5/c1-14-22-18(28-29-24(30)16-5-2-3-6-17(16)26)7-4-8-20(22)34-23(14)25(31)27-12-15-9-10-19-21(11-15)33-13-32-19/h2-3,5-6,9-11H,4,7-8,12-13H2,1H3,(H,27,31)(H,29,30)/b28-18+. The molecule has 2 heterocycles. The monoisotopic (exact) mass is 479 g/mol. The molecule has 5 rings (SSSR count). The lowest BCUT2D eigenvalue weighted by molar-refractivity contribution is 0.0919. The zero-order valence-electron chi connectivity index (χ0n) is 18.4. The average molecular weight is 480 g/mol. The molecule has 174 valence electrons. The Morgan fingerprint density at radius 2 is 1.88 bits per heavy atom. The van der Waals surface area contributed by atoms with Crippen LogP contribution in [0.3, 0.4) is 0 Å². The van der Waals surface area contributed by atoms with Gasteiger partial charge in [0, 0.05) is 24.1 Å². The highest BCUT2D eigenvalue weighted by atomic mass is 35.5. The van der Waals surface area contributed by atoms with Gasteiger partial charge in [-0.25, -0.2) is 5.43 Å². The molecule has 0 saturated carbocycles. The summed E-state index contributed by atoms with van der Waals surface area (Å²) in [6.07, 6.45) is 2.16. The third-order valence-electron chi connectivity index (χ3n) is 5.83. The van der Waals surface area contributed by atoms with Gasteiger partial charge < -0.3 is 19.2 Å². The number of carbonyl (C=O) groups is 2. The highest BCUT2D eigenvalue weighted by molar-refractivity contribution is 6.33. The van der Waals surface area contributed by atoms with Crippen molar-refractivity contribution < 1.29 is 23.5 Å². The van der Waals surface area contributed by atoms with Gasteiger partial charge >= 0.3 is 0 Å². The zero-order chi connectivity index (χ0) is 23.7. The molecule has 1 aromatic heterocycles. The Morgan fingerprint density at radius 1 is 1.06 bits per heavy atom. The first-order chi connectivity index (χ1) is 16.5. The molecule has 0 unspecified atom stereocenters. The Balaban J connectivity index is 1.31. The Kier molecular flexibility index (Phi) is 5.98. The molecule has 0 fully saturated rings. The van der Waals surface area contributed by atoms with Gasteiger partial charge in [-0.3, -0.25) is 9.59 Å². The largest absolute Gasteiger partial charge is 0.455 e. The number of fused-ring (bicyclic) bond motifs is 2. The van der Waals surface area contributed by atoms with Crippen LogP contribution in [0.15, 0.2) is 52.0 Å². The van der Waals surface area contributed by atoms with E-state index in [1.165, 1.54) is 0 Å². The molecule has 1 aliphatic carbocycles. The van der Waals surface area contributed by atoms with E-state index in [9.17, 15) is 9.59 Å². The minimum absolute atomic E-state index is 0.199. The molecule has 0 saturated heterocycles. The van der Waals surface area contributed by atoms with Crippen LogP contribution in [-0.2, 0) is 13.0 Å². The van der Waals surface area contributed by atoms with Crippen molar-refractivity contribution >= 4 is 29.1 Å². The maximum atomic E-state index is 12.9. The number of hydrogen-bond donors (Lipinski definition) is 2. The Bertz CT molecular complexity index is 1310. The number of nitrogens with one attached hydrogen (secondary N) is 2. The van der Waals surface area contributed by atoms with Crippen molar-refractivity contribution in [2.75, 3.05) is 6.79 Å². The molecule has 2 aromatic carbocycles. The van der Waals surface area contributed by atoms with Crippen molar-refractivity contribution in [1.82, 2.24) is 10.7 Å². The maximum Gasteiger partial charge on any atom is 0.287 e. The van der Waals surface area contributed by atoms with Crippen molar-refractivity contribution in [2.24, 2.45) is 5.10 Å². The highest BCUT2D eigenvalue weighted by Crippen LogP contribution is 2.33. The van der Waals surface area contributed by atoms with Crippen LogP contribution in [0.25, 0.3) is 0 Å². The van der Waals surface area contributed by atoms with Crippen LogP contribution in [-0.4, -0.2) is 24.3 Å². The summed E-state index contributed by atoms with van der Waals surface area (Å²) in [4.78, 5) is 25.4. The molecular weight excluding hydrogens is 458 g/mol. The molecule has 3 aromatic rings. The number of carbonyl (C=O) groups excluding carboxylic acids is 2. The van der Waals surface area contributed by atoms with Crippen LogP contribution in [0.1, 0.15) is 56.2 Å². The third-order valence-corrected chi connectivity index (χ3v) is 6.16. The van der Waals surface area contributed by atoms with E-state index in [1.54, 1.807) is 24.3 Å². The first-order valence-corrected chi connectivity index (χ1v) is 11.3. The van der Waals surface area contributed by atoms with Gasteiger partial charge in [0.2, 0.25) is 6.79 Å². The Hall–Kier alpha value is -3.78. The van der Waals surface area contributed by atoms with Crippen LogP contribution in [0.5, 0.6) is 11.5 Å². The van der Waals surface area contributed by atoms with E-state index in [2.05, 4.69) is 15.8 Å². The predicted molar refractivity (Wildman–Crippen MR) is 126 cm³/mol. The van der Waals surface area contributed by atoms with Crippen LogP contribution in [0.2, 0.25) is 5.02 Å². The first-order valence-electron chi connectivity index (χ1n) is 10.9. The average Bonchev–Trinajstić information content (AvgIpc) is 3.45. The van der Waals surface area contributed by atoms with Crippen molar-refractivity contribution in [3.05, 3.63) is 81.3 Å². The molecular formula is C25H22ClN3O5. The van der Waals surface area contributed by atoms with E-state index >= 15 is 0 Å². The lowest BCUT2D eigenvalue weighted by Crippen LogP contribution is -2.23. The Morgan fingerprint density at radius 3 is 2.74 bits per heavy atom. The van der Waals surface area contributed by atoms with E-state index < -0.39 is 5.91 Å². The summed E-state index contributed by atoms with van der Waals surface area (Å²) in [5.74, 6) is 1.59. The summed E-state index contributed by atoms with van der Waals surface area (Å²) in [7, 11) is 0. The summed E-state index contributed by atoms with van der Waals surface area (Å²) in [5, 5.41) is 7.59. The van der Waals surface area contributed by atoms with Gasteiger partial charge in [-0.05, 0) is 49.6 Å². The fourth-order valence-electron chi connectivity index (χ4n) is 4.13. The lowest BCUT2D eigenvalue weighted by Gasteiger charge is -2.13. The second-order valence-corrected chi connectivity index (χ2v) is 8.46. The number of ether oxygens (including phenoxy) is 2. The van der Waals surface area contributed by atoms with Crippen LogP contribution < -0.4 is 20.2 Å². The summed E-state index contributed by atoms with van der Waals surface area (Å²) in [5.41, 5.74) is 5.97. The van der Waals surface area contributed by atoms with E-state index in [4.69, 9.17) is 25.5 Å². The first kappa shape index (κ1) is 22.0. The predicted octanol–water partition coefficient (Wildman–Crippen LogP) is 4.37. The molecule has 0 atom stereocenters. The number of nitrogens with zero attached hydrogens (tertiary/aromatic N) is 1. The van der Waals surface area contributed by atoms with Gasteiger partial charge in [-0.2, -0.15) is 5.10 Å². The van der Waals surface area contributed by atoms with Crippen LogP contribution in [0, 0.1) is 6.92 Å². The number of furan rings is 1. The van der Waals surface area contributed by atoms with Gasteiger partial charge in [0.05, 0.1) is 16.3 Å². The number of benzene rings is 2. The number of aryl methyl sites for hydroxylation is 1. The molecule has 8 nitrogen and oxygen atoms in total. The second-order valence-electron chi connectivity index (χ2n) is 8.06. The Labute approximate surface area is 200 Å². The molecule has 0 spiro atoms. The molecule has 34 heavy (non-hydrogen) atoms. The maximum absolute atomic E-state index is 12.9. The van der Waals surface area contributed by atoms with Crippen molar-refractivity contribution in [3.8, 4) is 11.5 Å². The van der Waals surface area contributed by atoms with Gasteiger partial charge in [-0.1, -0.05) is 29.8 Å². The number of halogens is 1. The van der Waals surface area contributed by atoms with E-state index in [0.29, 0.717) is 58.5 Å². The molecule has 2 amide bonds. The number of hydrazone groups is 1. The lowest BCUT2D eigenvalue weighted by atomic mass is 9.93. The number of amides is 2. The van der Waals surface area contributed by atoms with E-state index in [0.717, 1.165) is 17.5 Å². The second kappa shape index (κ2) is 9.23. The van der Waals surface area contributed by atoms with Crippen molar-refractivity contribution in [3.63, 3.8) is 0 Å². The SMILES string of the molecule is Cc1c(C(=O)NCc2ccc3c(c2)OCO3)oc2c1/C(=N/NC(=O)c1ccccc1Cl)CCC2. The number of hydrogen-bond acceptors (Lipinski definition) is 6. The molecule has 1 aliphatic heterocycles. The van der Waals surface area contributed by atoms with Gasteiger partial charge in [-0.15, -0.1) is 0 Å². The van der Waals surface area contributed by atoms with Gasteiger partial charge in [0.25, 0.3) is 11.8 Å². The van der Waals surface area contributed by atoms with Gasteiger partial charge in [0.1, 0.15) is 5.76 Å². The minimum Gasteiger partial charge on any atom is -0.455 e. The van der Waals surface area contributed by atoms with Crippen molar-refractivity contribution in [2.45, 2.75) is 32.7 Å².